The van der Waals surface area contributed by atoms with Crippen LogP contribution in [0, 0.1) is 5.92 Å². The van der Waals surface area contributed by atoms with Gasteiger partial charge in [0.2, 0.25) is 0 Å². The summed E-state index contributed by atoms with van der Waals surface area (Å²) in [6.45, 7) is 3.68. The number of aromatic nitrogens is 1. The molecule has 2 rings (SSSR count). The van der Waals surface area contributed by atoms with Gasteiger partial charge >= 0.3 is 5.97 Å². The first-order valence-electron chi connectivity index (χ1n) is 7.49. The fourth-order valence-corrected chi connectivity index (χ4v) is 3.27. The monoisotopic (exact) mass is 277 g/mol. The van der Waals surface area contributed by atoms with Crippen LogP contribution in [0.4, 0.5) is 0 Å². The largest absolute Gasteiger partial charge is 0.477 e. The molecule has 0 amide bonds. The molecule has 1 aliphatic rings. The highest BCUT2D eigenvalue weighted by Crippen LogP contribution is 2.35. The Kier molecular flexibility index (Phi) is 4.63. The molecule has 1 N–H and O–H groups in total. The minimum absolute atomic E-state index is 0.0779. The summed E-state index contributed by atoms with van der Waals surface area (Å²) in [6, 6.07) is 1.73. The van der Waals surface area contributed by atoms with Gasteiger partial charge in [-0.25, -0.2) is 4.79 Å². The van der Waals surface area contributed by atoms with E-state index in [0.717, 1.165) is 31.6 Å². The molecule has 0 radical (unpaired) electrons. The molecule has 1 aromatic rings. The van der Waals surface area contributed by atoms with Crippen molar-refractivity contribution < 1.29 is 14.7 Å². The molecule has 4 nitrogen and oxygen atoms in total. The van der Waals surface area contributed by atoms with Crippen molar-refractivity contribution in [2.45, 2.75) is 58.4 Å². The third-order valence-corrected chi connectivity index (χ3v) is 4.38. The molecule has 0 aromatic carbocycles. The zero-order chi connectivity index (χ0) is 14.7. The molecule has 1 fully saturated rings. The zero-order valence-electron chi connectivity index (χ0n) is 12.3. The highest BCUT2D eigenvalue weighted by atomic mass is 16.4. The van der Waals surface area contributed by atoms with Crippen LogP contribution in [0.3, 0.4) is 0 Å². The molecule has 0 bridgehead atoms. The van der Waals surface area contributed by atoms with Crippen molar-refractivity contribution in [1.82, 2.24) is 4.57 Å². The average molecular weight is 277 g/mol. The molecule has 0 unspecified atom stereocenters. The maximum Gasteiger partial charge on any atom is 0.352 e. The summed E-state index contributed by atoms with van der Waals surface area (Å²) >= 11 is 0. The summed E-state index contributed by atoms with van der Waals surface area (Å²) in [7, 11) is 0. The van der Waals surface area contributed by atoms with Crippen molar-refractivity contribution in [3.63, 3.8) is 0 Å². The van der Waals surface area contributed by atoms with E-state index in [4.69, 9.17) is 0 Å². The Bertz CT molecular complexity index is 496. The lowest BCUT2D eigenvalue weighted by Crippen LogP contribution is -2.20. The van der Waals surface area contributed by atoms with Gasteiger partial charge in [0.15, 0.2) is 5.78 Å². The number of rotatable bonds is 5. The molecule has 1 aromatic heterocycles. The number of carbonyl (C=O) groups is 2. The number of aromatic carboxylic acids is 1. The number of hydrogen-bond donors (Lipinski definition) is 1. The minimum Gasteiger partial charge on any atom is -0.477 e. The van der Waals surface area contributed by atoms with Crippen LogP contribution in [-0.2, 0) is 0 Å². The maximum absolute atomic E-state index is 11.4. The molecule has 20 heavy (non-hydrogen) atoms. The Hall–Kier alpha value is -1.58. The Balaban J connectivity index is 2.16. The summed E-state index contributed by atoms with van der Waals surface area (Å²) in [6.07, 6.45) is 8.54. The first-order valence-corrected chi connectivity index (χ1v) is 7.49. The van der Waals surface area contributed by atoms with E-state index in [9.17, 15) is 14.7 Å². The summed E-state index contributed by atoms with van der Waals surface area (Å²) < 4.78 is 1.81. The van der Waals surface area contributed by atoms with E-state index < -0.39 is 5.97 Å². The van der Waals surface area contributed by atoms with Gasteiger partial charge in [-0.15, -0.1) is 0 Å². The van der Waals surface area contributed by atoms with E-state index in [0.29, 0.717) is 5.56 Å². The number of hydrogen-bond acceptors (Lipinski definition) is 2. The van der Waals surface area contributed by atoms with Gasteiger partial charge in [-0.05, 0) is 44.6 Å². The van der Waals surface area contributed by atoms with E-state index in [1.165, 1.54) is 25.8 Å². The van der Waals surface area contributed by atoms with Crippen molar-refractivity contribution in [2.75, 3.05) is 0 Å². The number of Topliss-reactive ketones (excluding diaryl/α,β-unsaturated/α-hetero) is 1. The van der Waals surface area contributed by atoms with Crippen molar-refractivity contribution >= 4 is 11.8 Å². The summed E-state index contributed by atoms with van der Waals surface area (Å²) in [4.78, 5) is 22.8. The van der Waals surface area contributed by atoms with Gasteiger partial charge in [0.1, 0.15) is 5.69 Å². The fourth-order valence-electron chi connectivity index (χ4n) is 3.27. The smallest absolute Gasteiger partial charge is 0.352 e. The topological polar surface area (TPSA) is 59.3 Å². The normalized spacial score (nSPS) is 22.7. The van der Waals surface area contributed by atoms with Gasteiger partial charge < -0.3 is 9.67 Å². The van der Waals surface area contributed by atoms with E-state index in [1.54, 1.807) is 10.8 Å². The third-order valence-electron chi connectivity index (χ3n) is 4.38. The van der Waals surface area contributed by atoms with Gasteiger partial charge in [-0.2, -0.15) is 0 Å². The van der Waals surface area contributed by atoms with Crippen LogP contribution in [-0.4, -0.2) is 21.4 Å². The SMILES string of the molecule is CCCC1CCC(n2cc(C(C)=O)cc2C(=O)O)CC1. The first-order chi connectivity index (χ1) is 9.52. The molecule has 4 heteroatoms. The molecule has 1 saturated carbocycles. The van der Waals surface area contributed by atoms with Gasteiger partial charge in [0.05, 0.1) is 0 Å². The van der Waals surface area contributed by atoms with E-state index in [-0.39, 0.29) is 17.5 Å². The molecule has 0 spiro atoms. The second-order valence-corrected chi connectivity index (χ2v) is 5.85. The van der Waals surface area contributed by atoms with Gasteiger partial charge in [0, 0.05) is 17.8 Å². The fraction of sp³-hybridized carbons (Fsp3) is 0.625. The summed E-state index contributed by atoms with van der Waals surface area (Å²) in [5, 5.41) is 9.30. The van der Waals surface area contributed by atoms with Gasteiger partial charge in [-0.3, -0.25) is 4.79 Å². The standard InChI is InChI=1S/C16H23NO3/c1-3-4-12-5-7-14(8-6-12)17-10-13(11(2)18)9-15(17)16(19)20/h9-10,12,14H,3-8H2,1-2H3,(H,19,20). The maximum atomic E-state index is 11.4. The molecular formula is C16H23NO3. The number of carboxylic acids is 1. The Labute approximate surface area is 119 Å². The number of nitrogens with zero attached hydrogens (tertiary/aromatic N) is 1. The van der Waals surface area contributed by atoms with Crippen LogP contribution < -0.4 is 0 Å². The van der Waals surface area contributed by atoms with Crippen LogP contribution in [0.2, 0.25) is 0 Å². The van der Waals surface area contributed by atoms with Crippen molar-refractivity contribution in [1.29, 1.82) is 0 Å². The van der Waals surface area contributed by atoms with E-state index >= 15 is 0 Å². The van der Waals surface area contributed by atoms with Crippen molar-refractivity contribution in [3.8, 4) is 0 Å². The molecule has 1 aliphatic carbocycles. The summed E-state index contributed by atoms with van der Waals surface area (Å²) in [5.74, 6) is -0.244. The number of ketones is 1. The van der Waals surface area contributed by atoms with Crippen molar-refractivity contribution in [3.05, 3.63) is 23.5 Å². The number of carbonyl (C=O) groups excluding carboxylic acids is 1. The van der Waals surface area contributed by atoms with Crippen LogP contribution in [0.1, 0.15) is 79.3 Å². The highest BCUT2D eigenvalue weighted by molar-refractivity contribution is 5.97. The molecule has 0 aliphatic heterocycles. The Morgan fingerprint density at radius 3 is 2.45 bits per heavy atom. The Morgan fingerprint density at radius 1 is 1.30 bits per heavy atom. The van der Waals surface area contributed by atoms with E-state index in [2.05, 4.69) is 6.92 Å². The van der Waals surface area contributed by atoms with E-state index in [1.807, 2.05) is 0 Å². The van der Waals surface area contributed by atoms with Crippen LogP contribution in [0.15, 0.2) is 12.3 Å². The minimum atomic E-state index is -0.951. The lowest BCUT2D eigenvalue weighted by molar-refractivity contribution is 0.0679. The lowest BCUT2D eigenvalue weighted by Gasteiger charge is -2.30. The van der Waals surface area contributed by atoms with Gasteiger partial charge in [0.25, 0.3) is 0 Å². The number of carboxylic acid groups (broad SMARTS) is 1. The quantitative estimate of drug-likeness (QED) is 0.830. The second-order valence-electron chi connectivity index (χ2n) is 5.85. The van der Waals surface area contributed by atoms with Crippen LogP contribution >= 0.6 is 0 Å². The average Bonchev–Trinajstić information content (AvgIpc) is 2.85. The second kappa shape index (κ2) is 6.25. The molecule has 0 saturated heterocycles. The predicted molar refractivity (Wildman–Crippen MR) is 77.3 cm³/mol. The molecule has 110 valence electrons. The molecule has 0 atom stereocenters. The van der Waals surface area contributed by atoms with Gasteiger partial charge in [-0.1, -0.05) is 19.8 Å². The Morgan fingerprint density at radius 2 is 1.95 bits per heavy atom. The third kappa shape index (κ3) is 3.11. The van der Waals surface area contributed by atoms with Crippen molar-refractivity contribution in [2.24, 2.45) is 5.92 Å². The summed E-state index contributed by atoms with van der Waals surface area (Å²) in [5.41, 5.74) is 0.743. The molecular weight excluding hydrogens is 254 g/mol. The lowest BCUT2D eigenvalue weighted by atomic mass is 9.83. The first kappa shape index (κ1) is 14.8. The zero-order valence-corrected chi connectivity index (χ0v) is 12.3. The highest BCUT2D eigenvalue weighted by Gasteiger charge is 2.25. The van der Waals surface area contributed by atoms with Crippen LogP contribution in [0.5, 0.6) is 0 Å². The molecule has 1 heterocycles. The predicted octanol–water partition coefficient (Wildman–Crippen LogP) is 3.92. The van der Waals surface area contributed by atoms with Crippen LogP contribution in [0.25, 0.3) is 0 Å².